The molecule has 0 aliphatic carbocycles. The maximum Gasteiger partial charge on any atom is 0.864 e. The predicted molar refractivity (Wildman–Crippen MR) is 161 cm³/mol. The lowest BCUT2D eigenvalue weighted by molar-refractivity contribution is 0.145. The fraction of sp³-hybridized carbons (Fsp3) is 0.455. The Bertz CT molecular complexity index is 903. The molecule has 0 aliphatic heterocycles. The molecule has 3 aromatic rings. The Kier molecular flexibility index (Phi) is 15.1. The van der Waals surface area contributed by atoms with Gasteiger partial charge in [-0.3, -0.25) is 0 Å². The molecule has 0 radical (unpaired) electrons. The van der Waals surface area contributed by atoms with Gasteiger partial charge in [-0.25, -0.2) is 0 Å². The summed E-state index contributed by atoms with van der Waals surface area (Å²) in [5, 5.41) is 0. The number of rotatable bonds is 21. The van der Waals surface area contributed by atoms with Crippen molar-refractivity contribution in [1.82, 2.24) is 0 Å². The van der Waals surface area contributed by atoms with Crippen molar-refractivity contribution in [2.24, 2.45) is 0 Å². The van der Waals surface area contributed by atoms with E-state index in [9.17, 15) is 0 Å². The molecule has 216 valence electrons. The van der Waals surface area contributed by atoms with Crippen LogP contribution in [-0.4, -0.2) is 47.0 Å². The highest BCUT2D eigenvalue weighted by atomic mass is 16.7. The van der Waals surface area contributed by atoms with Crippen LogP contribution in [0.25, 0.3) is 0 Å². The summed E-state index contributed by atoms with van der Waals surface area (Å²) in [6.45, 7) is 10.6. The first-order chi connectivity index (χ1) is 19.7. The summed E-state index contributed by atoms with van der Waals surface area (Å²) in [6, 6.07) is 24.2. The summed E-state index contributed by atoms with van der Waals surface area (Å²) in [4.78, 5) is 0. The maximum atomic E-state index is 6.16. The zero-order valence-electron chi connectivity index (χ0n) is 24.4. The molecule has 0 amide bonds. The molecule has 0 bridgehead atoms. The third kappa shape index (κ3) is 12.5. The van der Waals surface area contributed by atoms with Crippen molar-refractivity contribution in [2.45, 2.75) is 59.3 Å². The first kappa shape index (κ1) is 31.5. The summed E-state index contributed by atoms with van der Waals surface area (Å²) in [7, 11) is -0.948. The average Bonchev–Trinajstić information content (AvgIpc) is 2.98. The van der Waals surface area contributed by atoms with Crippen LogP contribution in [-0.2, 0) is 33.5 Å². The SMILES string of the molecule is CCOCCCc1ccc(OB(Oc2ccc(CCCOCC)cc2)Oc2ccc(CCCOCC)cc2)cc1. The van der Waals surface area contributed by atoms with Gasteiger partial charge in [0, 0.05) is 39.6 Å². The monoisotopic (exact) mass is 548 g/mol. The normalized spacial score (nSPS) is 10.9. The Morgan fingerprint density at radius 1 is 0.425 bits per heavy atom. The molecule has 0 N–H and O–H groups in total. The van der Waals surface area contributed by atoms with Crippen LogP contribution in [0.4, 0.5) is 0 Å². The Hall–Kier alpha value is -3.00. The van der Waals surface area contributed by atoms with E-state index in [1.807, 2.05) is 57.2 Å². The summed E-state index contributed by atoms with van der Waals surface area (Å²) in [6.07, 6.45) is 5.87. The number of benzene rings is 3. The molecular weight excluding hydrogens is 503 g/mol. The van der Waals surface area contributed by atoms with E-state index in [0.29, 0.717) is 17.2 Å². The van der Waals surface area contributed by atoms with E-state index >= 15 is 0 Å². The van der Waals surface area contributed by atoms with E-state index < -0.39 is 7.32 Å². The van der Waals surface area contributed by atoms with Gasteiger partial charge in [0.1, 0.15) is 17.2 Å². The lowest BCUT2D eigenvalue weighted by Gasteiger charge is -2.17. The average molecular weight is 549 g/mol. The van der Waals surface area contributed by atoms with Gasteiger partial charge in [-0.05, 0) is 112 Å². The quantitative estimate of drug-likeness (QED) is 0.104. The molecule has 0 saturated heterocycles. The van der Waals surface area contributed by atoms with E-state index in [4.69, 9.17) is 28.2 Å². The van der Waals surface area contributed by atoms with Crippen molar-refractivity contribution < 1.29 is 28.2 Å². The Morgan fingerprint density at radius 3 is 0.950 bits per heavy atom. The molecule has 0 aromatic heterocycles. The zero-order valence-corrected chi connectivity index (χ0v) is 24.4. The second kappa shape index (κ2) is 19.1. The molecule has 0 saturated carbocycles. The van der Waals surface area contributed by atoms with Crippen LogP contribution in [0.3, 0.4) is 0 Å². The molecule has 3 aromatic carbocycles. The second-order valence-corrected chi connectivity index (χ2v) is 9.48. The van der Waals surface area contributed by atoms with Crippen LogP contribution in [0.5, 0.6) is 17.2 Å². The van der Waals surface area contributed by atoms with Crippen LogP contribution in [0.15, 0.2) is 72.8 Å². The van der Waals surface area contributed by atoms with Gasteiger partial charge in [-0.15, -0.1) is 0 Å². The van der Waals surface area contributed by atoms with Crippen molar-refractivity contribution in [3.05, 3.63) is 89.5 Å². The van der Waals surface area contributed by atoms with Gasteiger partial charge in [0.25, 0.3) is 0 Å². The Labute approximate surface area is 241 Å². The highest BCUT2D eigenvalue weighted by Crippen LogP contribution is 2.21. The lowest BCUT2D eigenvalue weighted by Crippen LogP contribution is -2.37. The van der Waals surface area contributed by atoms with Crippen LogP contribution < -0.4 is 14.0 Å². The van der Waals surface area contributed by atoms with E-state index in [2.05, 4.69) is 36.4 Å². The van der Waals surface area contributed by atoms with Crippen molar-refractivity contribution in [2.75, 3.05) is 39.6 Å². The van der Waals surface area contributed by atoms with Gasteiger partial charge >= 0.3 is 7.32 Å². The topological polar surface area (TPSA) is 55.4 Å². The molecule has 0 aliphatic rings. The molecule has 7 heteroatoms. The van der Waals surface area contributed by atoms with Gasteiger partial charge in [-0.1, -0.05) is 36.4 Å². The third-order valence-electron chi connectivity index (χ3n) is 6.34. The minimum atomic E-state index is -0.948. The lowest BCUT2D eigenvalue weighted by atomic mass is 10.1. The smallest absolute Gasteiger partial charge is 0.490 e. The number of ether oxygens (including phenoxy) is 3. The van der Waals surface area contributed by atoms with Gasteiger partial charge in [0.05, 0.1) is 0 Å². The molecule has 40 heavy (non-hydrogen) atoms. The summed E-state index contributed by atoms with van der Waals surface area (Å²) >= 11 is 0. The Morgan fingerprint density at radius 2 is 0.700 bits per heavy atom. The fourth-order valence-corrected chi connectivity index (χ4v) is 4.18. The fourth-order valence-electron chi connectivity index (χ4n) is 4.18. The highest BCUT2D eigenvalue weighted by Gasteiger charge is 2.30. The second-order valence-electron chi connectivity index (χ2n) is 9.48. The van der Waals surface area contributed by atoms with Crippen molar-refractivity contribution in [3.8, 4) is 17.2 Å². The summed E-state index contributed by atoms with van der Waals surface area (Å²) < 4.78 is 34.8. The van der Waals surface area contributed by atoms with Crippen LogP contribution in [0, 0.1) is 0 Å². The molecule has 6 nitrogen and oxygen atoms in total. The molecule has 0 fully saturated rings. The summed E-state index contributed by atoms with van der Waals surface area (Å²) in [5.74, 6) is 2.04. The number of hydrogen-bond donors (Lipinski definition) is 0. The Balaban J connectivity index is 1.62. The van der Waals surface area contributed by atoms with E-state index in [1.54, 1.807) is 0 Å². The third-order valence-corrected chi connectivity index (χ3v) is 6.34. The molecule has 0 heterocycles. The standard InChI is InChI=1S/C33H45BO6/c1-4-35-25-7-10-28-13-19-31(20-14-28)38-34(39-32-21-15-29(16-22-32)11-8-26-36-5-2)40-33-23-17-30(18-24-33)12-9-27-37-6-3/h13-24H,4-12,25-27H2,1-3H3. The van der Waals surface area contributed by atoms with Gasteiger partial charge < -0.3 is 28.2 Å². The maximum absolute atomic E-state index is 6.16. The van der Waals surface area contributed by atoms with E-state index in [0.717, 1.165) is 78.2 Å². The molecule has 3 rings (SSSR count). The minimum Gasteiger partial charge on any atom is -0.490 e. The van der Waals surface area contributed by atoms with E-state index in [-0.39, 0.29) is 0 Å². The largest absolute Gasteiger partial charge is 0.864 e. The van der Waals surface area contributed by atoms with Gasteiger partial charge in [-0.2, -0.15) is 0 Å². The number of aryl methyl sites for hydroxylation is 3. The van der Waals surface area contributed by atoms with Gasteiger partial charge in [0.2, 0.25) is 0 Å². The van der Waals surface area contributed by atoms with Crippen molar-refractivity contribution in [1.29, 1.82) is 0 Å². The molecule has 0 unspecified atom stereocenters. The van der Waals surface area contributed by atoms with Crippen LogP contribution in [0.2, 0.25) is 0 Å². The molecule has 0 atom stereocenters. The minimum absolute atomic E-state index is 0.679. The molecular formula is C33H45BO6. The van der Waals surface area contributed by atoms with Crippen molar-refractivity contribution >= 4 is 7.32 Å². The zero-order chi connectivity index (χ0) is 28.3. The van der Waals surface area contributed by atoms with E-state index in [1.165, 1.54) is 16.7 Å². The van der Waals surface area contributed by atoms with Crippen molar-refractivity contribution in [3.63, 3.8) is 0 Å². The van der Waals surface area contributed by atoms with Crippen LogP contribution >= 0.6 is 0 Å². The first-order valence-electron chi connectivity index (χ1n) is 14.7. The molecule has 0 spiro atoms. The highest BCUT2D eigenvalue weighted by molar-refractivity contribution is 6.39. The van der Waals surface area contributed by atoms with Gasteiger partial charge in [0.15, 0.2) is 0 Å². The first-order valence-corrected chi connectivity index (χ1v) is 14.7. The predicted octanol–water partition coefficient (Wildman–Crippen LogP) is 7.12. The summed E-state index contributed by atoms with van der Waals surface area (Å²) in [5.41, 5.74) is 3.72. The number of hydrogen-bond acceptors (Lipinski definition) is 6. The van der Waals surface area contributed by atoms with Crippen LogP contribution in [0.1, 0.15) is 56.7 Å².